The van der Waals surface area contributed by atoms with Gasteiger partial charge < -0.3 is 19.9 Å². The van der Waals surface area contributed by atoms with Crippen molar-refractivity contribution in [3.05, 3.63) is 72.0 Å². The molecule has 134 valence electrons. The first kappa shape index (κ1) is 16.9. The van der Waals surface area contributed by atoms with E-state index < -0.39 is 0 Å². The molecule has 0 saturated heterocycles. The van der Waals surface area contributed by atoms with Crippen LogP contribution in [0.15, 0.2) is 70.7 Å². The highest BCUT2D eigenvalue weighted by Gasteiger charge is 2.11. The molecule has 2 heterocycles. The molecular weight excluding hydrogens is 364 g/mol. The summed E-state index contributed by atoms with van der Waals surface area (Å²) in [6.45, 7) is 0. The van der Waals surface area contributed by atoms with Crippen molar-refractivity contribution in [3.8, 4) is 33.3 Å². The fourth-order valence-corrected chi connectivity index (χ4v) is 3.35. The van der Waals surface area contributed by atoms with Crippen LogP contribution in [0, 0.1) is 0 Å². The third-order valence-electron chi connectivity index (χ3n) is 3.91. The number of aromatic nitrogens is 1. The Morgan fingerprint density at radius 1 is 1.00 bits per heavy atom. The van der Waals surface area contributed by atoms with Crippen molar-refractivity contribution >= 4 is 22.9 Å². The molecule has 2 aromatic carbocycles. The standard InChI is InChI=1S/C20H14N2O4S/c23-16-8-5-13(10-17(16)24)15-11-27-20(22-15)12-3-6-14(7-4-12)21-19(25)18-2-1-9-26-18/h1-11,23-24H,(H,21,25). The van der Waals surface area contributed by atoms with Gasteiger partial charge in [0.1, 0.15) is 5.01 Å². The molecule has 27 heavy (non-hydrogen) atoms. The van der Waals surface area contributed by atoms with Gasteiger partial charge in [0.05, 0.1) is 12.0 Å². The molecule has 4 rings (SSSR count). The lowest BCUT2D eigenvalue weighted by Crippen LogP contribution is -2.10. The van der Waals surface area contributed by atoms with E-state index in [1.54, 1.807) is 30.3 Å². The molecule has 0 spiro atoms. The Balaban J connectivity index is 1.52. The largest absolute Gasteiger partial charge is 0.504 e. The fourth-order valence-electron chi connectivity index (χ4n) is 2.52. The number of rotatable bonds is 4. The van der Waals surface area contributed by atoms with Crippen molar-refractivity contribution in [3.63, 3.8) is 0 Å². The molecule has 3 N–H and O–H groups in total. The van der Waals surface area contributed by atoms with Gasteiger partial charge in [0.25, 0.3) is 5.91 Å². The van der Waals surface area contributed by atoms with Crippen LogP contribution in [0.4, 0.5) is 5.69 Å². The van der Waals surface area contributed by atoms with E-state index in [9.17, 15) is 15.0 Å². The third-order valence-corrected chi connectivity index (χ3v) is 4.80. The number of amides is 1. The minimum Gasteiger partial charge on any atom is -0.504 e. The number of carbonyl (C=O) groups is 1. The number of phenolic OH excluding ortho intramolecular Hbond substituents is 2. The zero-order valence-corrected chi connectivity index (χ0v) is 14.7. The number of carbonyl (C=O) groups excluding carboxylic acids is 1. The lowest BCUT2D eigenvalue weighted by molar-refractivity contribution is 0.0996. The van der Waals surface area contributed by atoms with E-state index in [0.29, 0.717) is 11.4 Å². The number of hydrogen-bond donors (Lipinski definition) is 3. The maximum Gasteiger partial charge on any atom is 0.291 e. The molecular formula is C20H14N2O4S. The van der Waals surface area contributed by atoms with Gasteiger partial charge in [-0.3, -0.25) is 4.79 Å². The molecule has 1 amide bonds. The maximum absolute atomic E-state index is 12.0. The smallest absolute Gasteiger partial charge is 0.291 e. The number of nitrogens with one attached hydrogen (secondary N) is 1. The van der Waals surface area contributed by atoms with Gasteiger partial charge in [-0.2, -0.15) is 0 Å². The van der Waals surface area contributed by atoms with Crippen LogP contribution in [0.2, 0.25) is 0 Å². The lowest BCUT2D eigenvalue weighted by atomic mass is 10.1. The molecule has 0 radical (unpaired) electrons. The van der Waals surface area contributed by atoms with E-state index in [4.69, 9.17) is 4.42 Å². The summed E-state index contributed by atoms with van der Waals surface area (Å²) >= 11 is 1.47. The van der Waals surface area contributed by atoms with Crippen LogP contribution in [0.25, 0.3) is 21.8 Å². The predicted molar refractivity (Wildman–Crippen MR) is 103 cm³/mol. The van der Waals surface area contributed by atoms with Gasteiger partial charge in [-0.25, -0.2) is 4.98 Å². The van der Waals surface area contributed by atoms with Crippen LogP contribution in [-0.4, -0.2) is 21.1 Å². The molecule has 0 bridgehead atoms. The van der Waals surface area contributed by atoms with Crippen molar-refractivity contribution in [1.82, 2.24) is 4.98 Å². The summed E-state index contributed by atoms with van der Waals surface area (Å²) in [7, 11) is 0. The van der Waals surface area contributed by atoms with E-state index in [-0.39, 0.29) is 23.2 Å². The Hall–Kier alpha value is -3.58. The molecule has 0 aliphatic rings. The Kier molecular flexibility index (Phi) is 4.35. The van der Waals surface area contributed by atoms with Crippen LogP contribution in [0.3, 0.4) is 0 Å². The number of benzene rings is 2. The van der Waals surface area contributed by atoms with E-state index in [1.165, 1.54) is 29.7 Å². The van der Waals surface area contributed by atoms with Crippen LogP contribution in [0.1, 0.15) is 10.6 Å². The van der Waals surface area contributed by atoms with Gasteiger partial charge >= 0.3 is 0 Å². The maximum atomic E-state index is 12.0. The van der Waals surface area contributed by atoms with E-state index in [1.807, 2.05) is 17.5 Å². The highest BCUT2D eigenvalue weighted by atomic mass is 32.1. The molecule has 0 fully saturated rings. The number of furan rings is 1. The number of aromatic hydroxyl groups is 2. The minimum atomic E-state index is -0.309. The summed E-state index contributed by atoms with van der Waals surface area (Å²) in [6, 6.07) is 15.2. The molecule has 0 atom stereocenters. The second-order valence-electron chi connectivity index (χ2n) is 5.75. The zero-order chi connectivity index (χ0) is 18.8. The Labute approximate surface area is 158 Å². The summed E-state index contributed by atoms with van der Waals surface area (Å²) in [6.07, 6.45) is 1.45. The van der Waals surface area contributed by atoms with Gasteiger partial charge in [0, 0.05) is 22.2 Å². The Morgan fingerprint density at radius 3 is 2.48 bits per heavy atom. The van der Waals surface area contributed by atoms with Gasteiger partial charge in [0.15, 0.2) is 17.3 Å². The van der Waals surface area contributed by atoms with Gasteiger partial charge in [-0.15, -0.1) is 11.3 Å². The summed E-state index contributed by atoms with van der Waals surface area (Å²) in [4.78, 5) is 16.6. The van der Waals surface area contributed by atoms with E-state index in [2.05, 4.69) is 10.3 Å². The number of hydrogen-bond acceptors (Lipinski definition) is 6. The zero-order valence-electron chi connectivity index (χ0n) is 13.9. The van der Waals surface area contributed by atoms with Crippen LogP contribution < -0.4 is 5.32 Å². The fraction of sp³-hybridized carbons (Fsp3) is 0. The molecule has 2 aromatic heterocycles. The van der Waals surface area contributed by atoms with Gasteiger partial charge in [0.2, 0.25) is 0 Å². The molecule has 0 aliphatic heterocycles. The average Bonchev–Trinajstić information content (AvgIpc) is 3.36. The number of anilines is 1. The van der Waals surface area contributed by atoms with E-state index in [0.717, 1.165) is 16.1 Å². The normalized spacial score (nSPS) is 10.7. The van der Waals surface area contributed by atoms with Crippen molar-refractivity contribution in [2.75, 3.05) is 5.32 Å². The minimum absolute atomic E-state index is 0.165. The number of nitrogens with zero attached hydrogens (tertiary/aromatic N) is 1. The first-order valence-electron chi connectivity index (χ1n) is 8.03. The number of phenols is 2. The summed E-state index contributed by atoms with van der Waals surface area (Å²) in [5.74, 6) is -0.405. The van der Waals surface area contributed by atoms with Crippen molar-refractivity contribution in [2.24, 2.45) is 0 Å². The van der Waals surface area contributed by atoms with Gasteiger partial charge in [-0.1, -0.05) is 0 Å². The SMILES string of the molecule is O=C(Nc1ccc(-c2nc(-c3ccc(O)c(O)c3)cs2)cc1)c1ccco1. The summed E-state index contributed by atoms with van der Waals surface area (Å²) < 4.78 is 5.07. The first-order chi connectivity index (χ1) is 13.1. The first-order valence-corrected chi connectivity index (χ1v) is 8.91. The lowest BCUT2D eigenvalue weighted by Gasteiger charge is -2.04. The van der Waals surface area contributed by atoms with Crippen molar-refractivity contribution in [1.29, 1.82) is 0 Å². The van der Waals surface area contributed by atoms with Crippen LogP contribution in [0.5, 0.6) is 11.5 Å². The predicted octanol–water partition coefficient (Wildman–Crippen LogP) is 4.73. The van der Waals surface area contributed by atoms with E-state index >= 15 is 0 Å². The molecule has 4 aromatic rings. The molecule has 0 saturated carbocycles. The highest BCUT2D eigenvalue weighted by Crippen LogP contribution is 2.33. The van der Waals surface area contributed by atoms with Gasteiger partial charge in [-0.05, 0) is 54.6 Å². The quantitative estimate of drug-likeness (QED) is 0.446. The van der Waals surface area contributed by atoms with Crippen LogP contribution >= 0.6 is 11.3 Å². The molecule has 0 aliphatic carbocycles. The summed E-state index contributed by atoms with van der Waals surface area (Å²) in [5.41, 5.74) is 2.99. The second-order valence-corrected chi connectivity index (χ2v) is 6.61. The highest BCUT2D eigenvalue weighted by molar-refractivity contribution is 7.13. The molecule has 6 nitrogen and oxygen atoms in total. The monoisotopic (exact) mass is 378 g/mol. The van der Waals surface area contributed by atoms with Crippen LogP contribution in [-0.2, 0) is 0 Å². The molecule has 0 unspecified atom stereocenters. The Bertz CT molecular complexity index is 1090. The topological polar surface area (TPSA) is 95.6 Å². The average molecular weight is 378 g/mol. The third kappa shape index (κ3) is 3.54. The Morgan fingerprint density at radius 2 is 1.78 bits per heavy atom. The number of thiazole rings is 1. The molecule has 7 heteroatoms. The van der Waals surface area contributed by atoms with Crippen molar-refractivity contribution in [2.45, 2.75) is 0 Å². The second kappa shape index (κ2) is 6.97. The van der Waals surface area contributed by atoms with Crippen molar-refractivity contribution < 1.29 is 19.4 Å². The summed E-state index contributed by atoms with van der Waals surface area (Å²) in [5, 5.41) is 24.5.